The molecular weight excluding hydrogens is 382 g/mol. The van der Waals surface area contributed by atoms with Crippen molar-refractivity contribution in [3.8, 4) is 5.75 Å². The summed E-state index contributed by atoms with van der Waals surface area (Å²) in [6, 6.07) is 6.14. The Morgan fingerprint density at radius 2 is 1.79 bits per heavy atom. The van der Waals surface area contributed by atoms with E-state index in [2.05, 4.69) is 5.32 Å². The lowest BCUT2D eigenvalue weighted by molar-refractivity contribution is -0.146. The van der Waals surface area contributed by atoms with Gasteiger partial charge in [0.1, 0.15) is 10.8 Å². The molecule has 1 aromatic heterocycles. The van der Waals surface area contributed by atoms with Crippen LogP contribution in [0, 0.1) is 6.92 Å². The van der Waals surface area contributed by atoms with Gasteiger partial charge in [0.05, 0.1) is 18.6 Å². The van der Waals surface area contributed by atoms with Crippen LogP contribution in [0.3, 0.4) is 0 Å². The van der Waals surface area contributed by atoms with Crippen molar-refractivity contribution in [1.29, 1.82) is 0 Å². The summed E-state index contributed by atoms with van der Waals surface area (Å²) in [4.78, 5) is 37.3. The van der Waals surface area contributed by atoms with Crippen molar-refractivity contribution in [3.63, 3.8) is 0 Å². The molecule has 0 saturated heterocycles. The SMILES string of the molecule is CCOC(=O)c1c(NC(=O)COC(=O)Cc2ccc(O)cc2)sc(CC)c1C. The van der Waals surface area contributed by atoms with Gasteiger partial charge in [-0.3, -0.25) is 9.59 Å². The molecule has 150 valence electrons. The van der Waals surface area contributed by atoms with E-state index in [0.29, 0.717) is 16.1 Å². The zero-order valence-electron chi connectivity index (χ0n) is 16.0. The fraction of sp³-hybridized carbons (Fsp3) is 0.350. The highest BCUT2D eigenvalue weighted by Crippen LogP contribution is 2.34. The Labute approximate surface area is 167 Å². The van der Waals surface area contributed by atoms with Gasteiger partial charge in [0.15, 0.2) is 6.61 Å². The maximum absolute atomic E-state index is 12.2. The van der Waals surface area contributed by atoms with E-state index in [4.69, 9.17) is 9.47 Å². The van der Waals surface area contributed by atoms with Crippen LogP contribution in [-0.4, -0.2) is 36.2 Å². The van der Waals surface area contributed by atoms with Crippen molar-refractivity contribution >= 4 is 34.2 Å². The minimum absolute atomic E-state index is 0.0142. The van der Waals surface area contributed by atoms with Crippen LogP contribution >= 0.6 is 11.3 Å². The van der Waals surface area contributed by atoms with E-state index in [0.717, 1.165) is 16.9 Å². The summed E-state index contributed by atoms with van der Waals surface area (Å²) in [5, 5.41) is 12.3. The highest BCUT2D eigenvalue weighted by molar-refractivity contribution is 7.17. The zero-order chi connectivity index (χ0) is 20.7. The first-order valence-corrected chi connectivity index (χ1v) is 9.70. The van der Waals surface area contributed by atoms with Gasteiger partial charge in [-0.05, 0) is 43.5 Å². The zero-order valence-corrected chi connectivity index (χ0v) is 16.9. The van der Waals surface area contributed by atoms with Crippen molar-refractivity contribution in [2.24, 2.45) is 0 Å². The van der Waals surface area contributed by atoms with Gasteiger partial charge in [-0.25, -0.2) is 4.79 Å². The molecule has 0 unspecified atom stereocenters. The molecular formula is C20H23NO6S. The molecule has 0 spiro atoms. The minimum atomic E-state index is -0.567. The maximum atomic E-state index is 12.2. The van der Waals surface area contributed by atoms with E-state index in [1.165, 1.54) is 23.5 Å². The van der Waals surface area contributed by atoms with Crippen molar-refractivity contribution in [2.45, 2.75) is 33.6 Å². The smallest absolute Gasteiger partial charge is 0.341 e. The molecule has 0 radical (unpaired) electrons. The van der Waals surface area contributed by atoms with E-state index in [1.54, 1.807) is 19.1 Å². The topological polar surface area (TPSA) is 102 Å². The summed E-state index contributed by atoms with van der Waals surface area (Å²) in [7, 11) is 0. The van der Waals surface area contributed by atoms with E-state index in [1.807, 2.05) is 13.8 Å². The minimum Gasteiger partial charge on any atom is -0.508 e. The van der Waals surface area contributed by atoms with Crippen LogP contribution in [0.25, 0.3) is 0 Å². The Kier molecular flexibility index (Phi) is 7.57. The molecule has 0 atom stereocenters. The quantitative estimate of drug-likeness (QED) is 0.654. The highest BCUT2D eigenvalue weighted by Gasteiger charge is 2.23. The van der Waals surface area contributed by atoms with Crippen LogP contribution in [0.4, 0.5) is 5.00 Å². The molecule has 8 heteroatoms. The second-order valence-electron chi connectivity index (χ2n) is 5.98. The van der Waals surface area contributed by atoms with Crippen LogP contribution in [0.15, 0.2) is 24.3 Å². The number of phenols is 1. The number of ether oxygens (including phenoxy) is 2. The van der Waals surface area contributed by atoms with Gasteiger partial charge in [0, 0.05) is 4.88 Å². The number of aromatic hydroxyl groups is 1. The molecule has 2 N–H and O–H groups in total. The standard InChI is InChI=1S/C20H23NO6S/c1-4-15-12(3)18(20(25)26-5-2)19(28-15)21-16(23)11-27-17(24)10-13-6-8-14(22)9-7-13/h6-9,22H,4-5,10-11H2,1-3H3,(H,21,23). The van der Waals surface area contributed by atoms with Crippen LogP contribution in [0.1, 0.15) is 40.2 Å². The molecule has 28 heavy (non-hydrogen) atoms. The van der Waals surface area contributed by atoms with Gasteiger partial charge >= 0.3 is 11.9 Å². The third-order valence-corrected chi connectivity index (χ3v) is 5.30. The van der Waals surface area contributed by atoms with Gasteiger partial charge in [-0.1, -0.05) is 19.1 Å². The Balaban J connectivity index is 1.97. The van der Waals surface area contributed by atoms with Crippen molar-refractivity contribution in [2.75, 3.05) is 18.5 Å². The normalized spacial score (nSPS) is 10.4. The summed E-state index contributed by atoms with van der Waals surface area (Å²) < 4.78 is 10.1. The molecule has 0 saturated carbocycles. The molecule has 0 aliphatic rings. The Bertz CT molecular complexity index is 856. The van der Waals surface area contributed by atoms with Crippen molar-refractivity contribution < 1.29 is 29.0 Å². The Morgan fingerprint density at radius 1 is 1.11 bits per heavy atom. The lowest BCUT2D eigenvalue weighted by Crippen LogP contribution is -2.22. The number of nitrogens with one attached hydrogen (secondary N) is 1. The Morgan fingerprint density at radius 3 is 2.39 bits per heavy atom. The summed E-state index contributed by atoms with van der Waals surface area (Å²) in [5.74, 6) is -1.49. The number of hydrogen-bond donors (Lipinski definition) is 2. The summed E-state index contributed by atoms with van der Waals surface area (Å²) in [6.07, 6.45) is 0.708. The summed E-state index contributed by atoms with van der Waals surface area (Å²) in [6.45, 7) is 5.26. The summed E-state index contributed by atoms with van der Waals surface area (Å²) in [5.41, 5.74) is 1.78. The number of carbonyl (C=O) groups is 3. The van der Waals surface area contributed by atoms with Crippen LogP contribution in [-0.2, 0) is 31.9 Å². The predicted octanol–water partition coefficient (Wildman–Crippen LogP) is 3.23. The number of phenolic OH excluding ortho intramolecular Hbond substituents is 1. The molecule has 0 aliphatic carbocycles. The third kappa shape index (κ3) is 5.56. The van der Waals surface area contributed by atoms with E-state index < -0.39 is 24.5 Å². The number of thiophene rings is 1. The average molecular weight is 405 g/mol. The molecule has 1 heterocycles. The second-order valence-corrected chi connectivity index (χ2v) is 7.09. The van der Waals surface area contributed by atoms with Crippen LogP contribution in [0.5, 0.6) is 5.75 Å². The van der Waals surface area contributed by atoms with Gasteiger partial charge < -0.3 is 19.9 Å². The first kappa shape index (κ1) is 21.4. The number of rotatable bonds is 8. The first-order valence-electron chi connectivity index (χ1n) is 8.88. The third-order valence-electron chi connectivity index (χ3n) is 3.95. The number of esters is 2. The molecule has 2 aromatic rings. The first-order chi connectivity index (χ1) is 13.3. The fourth-order valence-corrected chi connectivity index (χ4v) is 3.72. The summed E-state index contributed by atoms with van der Waals surface area (Å²) >= 11 is 1.31. The Hall–Kier alpha value is -2.87. The van der Waals surface area contributed by atoms with E-state index in [-0.39, 0.29) is 18.8 Å². The fourth-order valence-electron chi connectivity index (χ4n) is 2.58. The number of amides is 1. The molecule has 0 bridgehead atoms. The monoisotopic (exact) mass is 405 g/mol. The number of aryl methyl sites for hydroxylation is 1. The highest BCUT2D eigenvalue weighted by atomic mass is 32.1. The van der Waals surface area contributed by atoms with E-state index in [9.17, 15) is 19.5 Å². The van der Waals surface area contributed by atoms with Crippen LogP contribution < -0.4 is 5.32 Å². The average Bonchev–Trinajstić information content (AvgIpc) is 2.97. The molecule has 0 aliphatic heterocycles. The van der Waals surface area contributed by atoms with E-state index >= 15 is 0 Å². The number of carbonyl (C=O) groups excluding carboxylic acids is 3. The molecule has 1 amide bonds. The largest absolute Gasteiger partial charge is 0.508 e. The molecule has 0 fully saturated rings. The van der Waals surface area contributed by atoms with Crippen molar-refractivity contribution in [1.82, 2.24) is 0 Å². The molecule has 2 rings (SSSR count). The lowest BCUT2D eigenvalue weighted by Gasteiger charge is -2.08. The number of benzene rings is 1. The second kappa shape index (κ2) is 9.89. The van der Waals surface area contributed by atoms with Gasteiger partial charge in [0.25, 0.3) is 5.91 Å². The van der Waals surface area contributed by atoms with Crippen LogP contribution in [0.2, 0.25) is 0 Å². The number of hydrogen-bond acceptors (Lipinski definition) is 7. The van der Waals surface area contributed by atoms with Gasteiger partial charge in [-0.2, -0.15) is 0 Å². The molecule has 7 nitrogen and oxygen atoms in total. The lowest BCUT2D eigenvalue weighted by atomic mass is 10.1. The van der Waals surface area contributed by atoms with Gasteiger partial charge in [-0.15, -0.1) is 11.3 Å². The van der Waals surface area contributed by atoms with Crippen molar-refractivity contribution in [3.05, 3.63) is 45.8 Å². The molecule has 1 aromatic carbocycles. The maximum Gasteiger partial charge on any atom is 0.341 e. The predicted molar refractivity (Wildman–Crippen MR) is 106 cm³/mol. The van der Waals surface area contributed by atoms with Gasteiger partial charge in [0.2, 0.25) is 0 Å². The number of anilines is 1.